The molecule has 8 heteroatoms. The van der Waals surface area contributed by atoms with Crippen molar-refractivity contribution in [1.82, 2.24) is 15.5 Å². The molecule has 1 aliphatic heterocycles. The van der Waals surface area contributed by atoms with Gasteiger partial charge in [-0.3, -0.25) is 0 Å². The number of hydrazine groups is 1. The summed E-state index contributed by atoms with van der Waals surface area (Å²) in [7, 11) is 0. The number of fused-ring (bicyclic) bond motifs is 1. The molecule has 5 rings (SSSR count). The van der Waals surface area contributed by atoms with Crippen LogP contribution < -0.4 is 21.8 Å². The first-order valence-electron chi connectivity index (χ1n) is 12.4. The van der Waals surface area contributed by atoms with Crippen LogP contribution in [0.2, 0.25) is 0 Å². The third-order valence-corrected chi connectivity index (χ3v) is 7.19. The minimum Gasteiger partial charge on any atom is -0.490 e. The van der Waals surface area contributed by atoms with Crippen molar-refractivity contribution in [3.05, 3.63) is 48.0 Å². The van der Waals surface area contributed by atoms with Gasteiger partial charge in [0.2, 0.25) is 0 Å². The molecule has 0 unspecified atom stereocenters. The Labute approximate surface area is 200 Å². The highest BCUT2D eigenvalue weighted by molar-refractivity contribution is 6.03. The fourth-order valence-corrected chi connectivity index (χ4v) is 5.34. The Balaban J connectivity index is 1.25. The van der Waals surface area contributed by atoms with Gasteiger partial charge in [0.1, 0.15) is 17.4 Å². The Bertz CT molecular complexity index is 1130. The minimum absolute atomic E-state index is 0.245. The summed E-state index contributed by atoms with van der Waals surface area (Å²) in [4.78, 5) is 2.64. The average molecular weight is 463 g/mol. The summed E-state index contributed by atoms with van der Waals surface area (Å²) in [6.07, 6.45) is 9.44. The van der Waals surface area contributed by atoms with E-state index in [-0.39, 0.29) is 6.10 Å². The molecule has 34 heavy (non-hydrogen) atoms. The molecule has 3 aromatic rings. The zero-order valence-corrected chi connectivity index (χ0v) is 19.6. The van der Waals surface area contributed by atoms with Crippen LogP contribution in [0, 0.1) is 5.92 Å². The number of nitrogens with zero attached hydrogens (tertiary/aromatic N) is 3. The van der Waals surface area contributed by atoms with Crippen molar-refractivity contribution in [1.29, 1.82) is 0 Å². The second-order valence-corrected chi connectivity index (χ2v) is 9.52. The lowest BCUT2D eigenvalue weighted by molar-refractivity contribution is 0.0864. The predicted molar refractivity (Wildman–Crippen MR) is 134 cm³/mol. The van der Waals surface area contributed by atoms with Gasteiger partial charge in [-0.1, -0.05) is 36.6 Å². The summed E-state index contributed by atoms with van der Waals surface area (Å²) < 4.78 is 12.1. The molecule has 2 fully saturated rings. The van der Waals surface area contributed by atoms with E-state index in [1.54, 1.807) is 0 Å². The lowest BCUT2D eigenvalue weighted by atomic mass is 9.88. The van der Waals surface area contributed by atoms with Gasteiger partial charge in [0.05, 0.1) is 5.39 Å². The maximum absolute atomic E-state index is 6.39. The maximum Gasteiger partial charge on any atom is 0.174 e. The van der Waals surface area contributed by atoms with Crippen LogP contribution in [0.3, 0.4) is 0 Å². The molecule has 1 aromatic heterocycles. The largest absolute Gasteiger partial charge is 0.490 e. The standard InChI is InChI=1S/C26H34N6O2/c27-29-26(30-28)20-9-10-24-23(16-20)25(34-31-24)19-7-4-8-22(15-19)33-21-11-13-32(14-12-21)17-18-5-2-1-3-6-18/h4,7-10,15-16,18,21H,1-3,5-6,11-14,17,27-28H2,(H,29,30). The van der Waals surface area contributed by atoms with E-state index in [4.69, 9.17) is 20.9 Å². The molecule has 0 amide bonds. The van der Waals surface area contributed by atoms with Crippen molar-refractivity contribution in [3.63, 3.8) is 0 Å². The van der Waals surface area contributed by atoms with Gasteiger partial charge in [-0.05, 0) is 61.9 Å². The number of ether oxygens (including phenoxy) is 1. The predicted octanol–water partition coefficient (Wildman–Crippen LogP) is 4.00. The normalized spacial score (nSPS) is 18.9. The van der Waals surface area contributed by atoms with E-state index in [2.05, 4.69) is 20.6 Å². The van der Waals surface area contributed by atoms with Gasteiger partial charge in [-0.15, -0.1) is 0 Å². The van der Waals surface area contributed by atoms with Gasteiger partial charge >= 0.3 is 0 Å². The van der Waals surface area contributed by atoms with Gasteiger partial charge in [-0.25, -0.2) is 5.84 Å². The first-order valence-corrected chi connectivity index (χ1v) is 12.4. The summed E-state index contributed by atoms with van der Waals surface area (Å²) in [5.41, 5.74) is 4.94. The van der Waals surface area contributed by atoms with Crippen molar-refractivity contribution in [2.45, 2.75) is 51.0 Å². The lowest BCUT2D eigenvalue weighted by Crippen LogP contribution is -2.40. The van der Waals surface area contributed by atoms with E-state index in [0.29, 0.717) is 11.6 Å². The average Bonchev–Trinajstić information content (AvgIpc) is 3.30. The number of piperidine rings is 1. The quantitative estimate of drug-likeness (QED) is 0.219. The first-order chi connectivity index (χ1) is 16.7. The van der Waals surface area contributed by atoms with Crippen molar-refractivity contribution < 1.29 is 9.26 Å². The zero-order chi connectivity index (χ0) is 23.3. The monoisotopic (exact) mass is 462 g/mol. The molecule has 8 nitrogen and oxygen atoms in total. The molecule has 0 radical (unpaired) electrons. The molecule has 0 atom stereocenters. The summed E-state index contributed by atoms with van der Waals surface area (Å²) >= 11 is 0. The number of nitrogens with one attached hydrogen (secondary N) is 1. The summed E-state index contributed by atoms with van der Waals surface area (Å²) in [6, 6.07) is 13.7. The van der Waals surface area contributed by atoms with Gasteiger partial charge in [0, 0.05) is 30.8 Å². The van der Waals surface area contributed by atoms with Crippen LogP contribution in [0.4, 0.5) is 0 Å². The smallest absolute Gasteiger partial charge is 0.174 e. The molecule has 5 N–H and O–H groups in total. The molecular formula is C26H34N6O2. The summed E-state index contributed by atoms with van der Waals surface area (Å²) in [5.74, 6) is 13.8. The number of aromatic nitrogens is 1. The topological polar surface area (TPSA) is 115 Å². The molecule has 2 heterocycles. The molecule has 2 aromatic carbocycles. The highest BCUT2D eigenvalue weighted by Crippen LogP contribution is 2.32. The number of benzene rings is 2. The van der Waals surface area contributed by atoms with Crippen molar-refractivity contribution >= 4 is 16.7 Å². The van der Waals surface area contributed by atoms with Crippen LogP contribution >= 0.6 is 0 Å². The highest BCUT2D eigenvalue weighted by atomic mass is 16.5. The molecule has 2 aliphatic rings. The molecular weight excluding hydrogens is 428 g/mol. The van der Waals surface area contributed by atoms with E-state index in [1.165, 1.54) is 38.6 Å². The van der Waals surface area contributed by atoms with E-state index in [1.807, 2.05) is 42.5 Å². The molecule has 1 saturated carbocycles. The molecule has 0 spiro atoms. The number of nitrogens with two attached hydrogens (primary N) is 2. The fourth-order valence-electron chi connectivity index (χ4n) is 5.34. The number of amidine groups is 1. The van der Waals surface area contributed by atoms with Crippen LogP contribution in [0.25, 0.3) is 22.2 Å². The fraction of sp³-hybridized carbons (Fsp3) is 0.462. The Kier molecular flexibility index (Phi) is 6.97. The van der Waals surface area contributed by atoms with E-state index in [0.717, 1.165) is 59.6 Å². The van der Waals surface area contributed by atoms with Crippen LogP contribution in [-0.2, 0) is 0 Å². The minimum atomic E-state index is 0.245. The number of hydrogen-bond acceptors (Lipinski definition) is 7. The van der Waals surface area contributed by atoms with Gasteiger partial charge < -0.3 is 25.4 Å². The third-order valence-electron chi connectivity index (χ3n) is 7.19. The van der Waals surface area contributed by atoms with Crippen LogP contribution in [-0.4, -0.2) is 41.6 Å². The Morgan fingerprint density at radius 3 is 2.68 bits per heavy atom. The van der Waals surface area contributed by atoms with Crippen molar-refractivity contribution in [3.8, 4) is 17.1 Å². The van der Waals surface area contributed by atoms with E-state index >= 15 is 0 Å². The number of likely N-dealkylation sites (tertiary alicyclic amines) is 1. The second-order valence-electron chi connectivity index (χ2n) is 9.52. The lowest BCUT2D eigenvalue weighted by Gasteiger charge is -2.35. The SMILES string of the molecule is NN=C(NN)c1ccc2noc(-c3cccc(OC4CCN(CC5CCCCC5)CC4)c3)c2c1. The van der Waals surface area contributed by atoms with Gasteiger partial charge in [-0.2, -0.15) is 5.10 Å². The zero-order valence-electron chi connectivity index (χ0n) is 19.6. The Morgan fingerprint density at radius 1 is 1.09 bits per heavy atom. The Hall–Kier alpha value is -3.10. The number of rotatable bonds is 6. The molecule has 180 valence electrons. The van der Waals surface area contributed by atoms with Gasteiger partial charge in [0.25, 0.3) is 0 Å². The third kappa shape index (κ3) is 5.03. The van der Waals surface area contributed by atoms with Gasteiger partial charge in [0.15, 0.2) is 11.6 Å². The van der Waals surface area contributed by atoms with E-state index < -0.39 is 0 Å². The summed E-state index contributed by atoms with van der Waals surface area (Å²) in [6.45, 7) is 3.51. The number of hydrazone groups is 1. The summed E-state index contributed by atoms with van der Waals surface area (Å²) in [5, 5.41) is 8.76. The second kappa shape index (κ2) is 10.4. The molecule has 1 saturated heterocycles. The van der Waals surface area contributed by atoms with Crippen molar-refractivity contribution in [2.24, 2.45) is 22.7 Å². The van der Waals surface area contributed by atoms with Crippen LogP contribution in [0.15, 0.2) is 52.1 Å². The highest BCUT2D eigenvalue weighted by Gasteiger charge is 2.24. The van der Waals surface area contributed by atoms with Crippen molar-refractivity contribution in [2.75, 3.05) is 19.6 Å². The molecule has 0 bridgehead atoms. The van der Waals surface area contributed by atoms with E-state index in [9.17, 15) is 0 Å². The van der Waals surface area contributed by atoms with Crippen LogP contribution in [0.1, 0.15) is 50.5 Å². The first kappa shape index (κ1) is 22.7. The molecule has 1 aliphatic carbocycles. The maximum atomic E-state index is 6.39. The Morgan fingerprint density at radius 2 is 1.91 bits per heavy atom. The van der Waals surface area contributed by atoms with Crippen LogP contribution in [0.5, 0.6) is 5.75 Å². The number of hydrogen-bond donors (Lipinski definition) is 3.